The molecule has 1 atom stereocenters. The summed E-state index contributed by atoms with van der Waals surface area (Å²) in [5, 5.41) is 16.8. The van der Waals surface area contributed by atoms with Gasteiger partial charge >= 0.3 is 11.9 Å². The summed E-state index contributed by atoms with van der Waals surface area (Å²) in [5.74, 6) is -3.27. The Hall–Kier alpha value is -1.23. The lowest BCUT2D eigenvalue weighted by atomic mass is 9.74. The summed E-state index contributed by atoms with van der Waals surface area (Å²) in [6.45, 7) is 4.08. The highest BCUT2D eigenvalue weighted by Gasteiger charge is 2.55. The number of carbonyl (C=O) groups is 2. The SMILES string of the molecule is CCCCCCCC(CCCCCCC)(C(=O)O)C(C(=O)O)S(=O)(=O)O.N.N. The minimum absolute atomic E-state index is 0. The van der Waals surface area contributed by atoms with Crippen LogP contribution in [0.1, 0.15) is 90.9 Å². The molecule has 1 unspecified atom stereocenters. The van der Waals surface area contributed by atoms with Crippen LogP contribution in [0.15, 0.2) is 0 Å². The topological polar surface area (TPSA) is 199 Å². The zero-order chi connectivity index (χ0) is 20.2. The number of carboxylic acid groups (broad SMARTS) is 2. The van der Waals surface area contributed by atoms with E-state index in [0.29, 0.717) is 25.7 Å². The molecule has 9 nitrogen and oxygen atoms in total. The molecule has 0 aliphatic carbocycles. The molecule has 0 aliphatic rings. The van der Waals surface area contributed by atoms with Crippen molar-refractivity contribution in [2.75, 3.05) is 0 Å². The molecule has 0 aromatic carbocycles. The lowest BCUT2D eigenvalue weighted by Crippen LogP contribution is -2.51. The second-order valence-corrected chi connectivity index (χ2v) is 8.52. The van der Waals surface area contributed by atoms with Crippen LogP contribution >= 0.6 is 0 Å². The number of unbranched alkanes of at least 4 members (excludes halogenated alkanes) is 8. The van der Waals surface area contributed by atoms with Crippen molar-refractivity contribution in [1.82, 2.24) is 12.3 Å². The molecule has 0 radical (unpaired) electrons. The average molecular weight is 429 g/mol. The lowest BCUT2D eigenvalue weighted by molar-refractivity contribution is -0.156. The molecule has 170 valence electrons. The van der Waals surface area contributed by atoms with Crippen LogP contribution in [-0.2, 0) is 19.7 Å². The zero-order valence-corrected chi connectivity index (χ0v) is 18.2. The molecule has 0 spiro atoms. The van der Waals surface area contributed by atoms with Gasteiger partial charge in [-0.05, 0) is 12.8 Å². The van der Waals surface area contributed by atoms with Crippen molar-refractivity contribution in [3.05, 3.63) is 0 Å². The second-order valence-electron chi connectivity index (χ2n) is 7.02. The van der Waals surface area contributed by atoms with Crippen molar-refractivity contribution in [3.63, 3.8) is 0 Å². The molecule has 0 heterocycles. The van der Waals surface area contributed by atoms with E-state index in [2.05, 4.69) is 0 Å². The normalized spacial score (nSPS) is 12.5. The van der Waals surface area contributed by atoms with Crippen LogP contribution in [-0.4, -0.2) is 40.4 Å². The monoisotopic (exact) mass is 428 g/mol. The van der Waals surface area contributed by atoms with Crippen molar-refractivity contribution in [1.29, 1.82) is 0 Å². The fourth-order valence-corrected chi connectivity index (χ4v) is 4.61. The van der Waals surface area contributed by atoms with Gasteiger partial charge in [0.15, 0.2) is 5.25 Å². The number of hydrogen-bond acceptors (Lipinski definition) is 6. The van der Waals surface area contributed by atoms with E-state index in [1.165, 1.54) is 0 Å². The summed E-state index contributed by atoms with van der Waals surface area (Å²) in [4.78, 5) is 23.6. The summed E-state index contributed by atoms with van der Waals surface area (Å²) in [7, 11) is -5.04. The van der Waals surface area contributed by atoms with E-state index in [9.17, 15) is 32.8 Å². The third-order valence-electron chi connectivity index (χ3n) is 4.90. The van der Waals surface area contributed by atoms with E-state index in [-0.39, 0.29) is 25.1 Å². The molecular formula is C18H40N2O7S. The third-order valence-corrected chi connectivity index (χ3v) is 6.15. The maximum atomic E-state index is 12.0. The molecule has 0 amide bonds. The van der Waals surface area contributed by atoms with E-state index in [0.717, 1.165) is 38.5 Å². The number of rotatable bonds is 16. The first-order chi connectivity index (χ1) is 12.1. The predicted octanol–water partition coefficient (Wildman–Crippen LogP) is 4.44. The quantitative estimate of drug-likeness (QED) is 0.174. The molecule has 0 aliphatic heterocycles. The van der Waals surface area contributed by atoms with E-state index < -0.39 is 32.7 Å². The van der Waals surface area contributed by atoms with Gasteiger partial charge in [0.1, 0.15) is 0 Å². The van der Waals surface area contributed by atoms with Crippen molar-refractivity contribution < 1.29 is 32.8 Å². The highest BCUT2D eigenvalue weighted by molar-refractivity contribution is 7.87. The first-order valence-electron chi connectivity index (χ1n) is 9.56. The fraction of sp³-hybridized carbons (Fsp3) is 0.889. The van der Waals surface area contributed by atoms with Gasteiger partial charge in [-0.25, -0.2) is 0 Å². The number of aliphatic carboxylic acids is 2. The van der Waals surface area contributed by atoms with Crippen LogP contribution in [0.5, 0.6) is 0 Å². The summed E-state index contributed by atoms with van der Waals surface area (Å²) >= 11 is 0. The van der Waals surface area contributed by atoms with Gasteiger partial charge in [-0.2, -0.15) is 8.42 Å². The van der Waals surface area contributed by atoms with Crippen molar-refractivity contribution in [3.8, 4) is 0 Å². The van der Waals surface area contributed by atoms with Crippen LogP contribution in [0.3, 0.4) is 0 Å². The minimum Gasteiger partial charge on any atom is -0.481 e. The smallest absolute Gasteiger partial charge is 0.325 e. The van der Waals surface area contributed by atoms with Gasteiger partial charge in [-0.1, -0.05) is 78.1 Å². The summed E-state index contributed by atoms with van der Waals surface area (Å²) in [6.07, 6.45) is 7.84. The van der Waals surface area contributed by atoms with Crippen molar-refractivity contribution >= 4 is 22.1 Å². The molecule has 9 N–H and O–H groups in total. The summed E-state index contributed by atoms with van der Waals surface area (Å²) in [6, 6.07) is 0. The Bertz CT molecular complexity index is 524. The molecular weight excluding hydrogens is 388 g/mol. The van der Waals surface area contributed by atoms with Gasteiger partial charge in [0.2, 0.25) is 0 Å². The summed E-state index contributed by atoms with van der Waals surface area (Å²) in [5.41, 5.74) is -2.00. The van der Waals surface area contributed by atoms with E-state index >= 15 is 0 Å². The molecule has 0 rings (SSSR count). The first kappa shape index (κ1) is 31.5. The highest BCUT2D eigenvalue weighted by atomic mass is 32.2. The Balaban J connectivity index is -0.00000312. The molecule has 0 aromatic heterocycles. The Morgan fingerprint density at radius 3 is 1.39 bits per heavy atom. The van der Waals surface area contributed by atoms with Crippen LogP contribution in [0.2, 0.25) is 0 Å². The van der Waals surface area contributed by atoms with Gasteiger partial charge < -0.3 is 22.5 Å². The highest BCUT2D eigenvalue weighted by Crippen LogP contribution is 2.39. The molecule has 28 heavy (non-hydrogen) atoms. The van der Waals surface area contributed by atoms with Crippen molar-refractivity contribution in [2.24, 2.45) is 5.41 Å². The predicted molar refractivity (Wildman–Crippen MR) is 110 cm³/mol. The lowest BCUT2D eigenvalue weighted by Gasteiger charge is -2.33. The van der Waals surface area contributed by atoms with Gasteiger partial charge in [0.05, 0.1) is 5.41 Å². The molecule has 10 heteroatoms. The largest absolute Gasteiger partial charge is 0.481 e. The standard InChI is InChI=1S/C18H34O7S.2H3N/c1-3-5-7-9-11-13-18(17(21)22,14-12-10-8-6-4-2)15(16(19)20)26(23,24)25;;/h15H,3-14H2,1-2H3,(H,19,20)(H,21,22)(H,23,24,25);2*1H3. The van der Waals surface area contributed by atoms with Gasteiger partial charge in [0.25, 0.3) is 10.1 Å². The first-order valence-corrected chi connectivity index (χ1v) is 11.1. The average Bonchev–Trinajstić information content (AvgIpc) is 2.52. The van der Waals surface area contributed by atoms with Crippen LogP contribution in [0, 0.1) is 5.41 Å². The van der Waals surface area contributed by atoms with Crippen LogP contribution < -0.4 is 12.3 Å². The summed E-state index contributed by atoms with van der Waals surface area (Å²) < 4.78 is 32.9. The molecule has 0 fully saturated rings. The second kappa shape index (κ2) is 15.7. The Kier molecular flexibility index (Phi) is 17.6. The van der Waals surface area contributed by atoms with E-state index in [1.54, 1.807) is 0 Å². The van der Waals surface area contributed by atoms with Gasteiger partial charge in [-0.15, -0.1) is 0 Å². The molecule has 0 saturated carbocycles. The van der Waals surface area contributed by atoms with Crippen molar-refractivity contribution in [2.45, 2.75) is 96.1 Å². The fourth-order valence-electron chi connectivity index (χ4n) is 3.45. The minimum atomic E-state index is -5.04. The maximum Gasteiger partial charge on any atom is 0.325 e. The number of hydrogen-bond donors (Lipinski definition) is 5. The molecule has 0 aromatic rings. The molecule has 0 saturated heterocycles. The van der Waals surface area contributed by atoms with Crippen LogP contribution in [0.25, 0.3) is 0 Å². The number of carboxylic acids is 2. The van der Waals surface area contributed by atoms with E-state index in [4.69, 9.17) is 0 Å². The Morgan fingerprint density at radius 1 is 0.786 bits per heavy atom. The zero-order valence-electron chi connectivity index (χ0n) is 17.4. The van der Waals surface area contributed by atoms with Gasteiger partial charge in [-0.3, -0.25) is 14.1 Å². The van der Waals surface area contributed by atoms with Crippen LogP contribution in [0.4, 0.5) is 0 Å². The molecule has 0 bridgehead atoms. The maximum absolute atomic E-state index is 12.0. The third kappa shape index (κ3) is 10.4. The van der Waals surface area contributed by atoms with E-state index in [1.807, 2.05) is 13.8 Å². The van der Waals surface area contributed by atoms with Gasteiger partial charge in [0, 0.05) is 0 Å². The Morgan fingerprint density at radius 2 is 1.14 bits per heavy atom. The Labute approximate surface area is 169 Å².